The van der Waals surface area contributed by atoms with Crippen LogP contribution in [0.1, 0.15) is 18.9 Å². The first kappa shape index (κ1) is 31.9. The summed E-state index contributed by atoms with van der Waals surface area (Å²) in [7, 11) is -4.44. The number of anilines is 3. The molecule has 0 radical (unpaired) electrons. The molecule has 1 aromatic heterocycles. The van der Waals surface area contributed by atoms with Crippen molar-refractivity contribution in [3.05, 3.63) is 84.7 Å². The summed E-state index contributed by atoms with van der Waals surface area (Å²) in [5.74, 6) is 1.44. The van der Waals surface area contributed by atoms with Crippen molar-refractivity contribution in [2.24, 2.45) is 0 Å². The van der Waals surface area contributed by atoms with Gasteiger partial charge in [0.25, 0.3) is 0 Å². The van der Waals surface area contributed by atoms with E-state index in [2.05, 4.69) is 30.4 Å². The summed E-state index contributed by atoms with van der Waals surface area (Å²) in [6.45, 7) is 5.00. The highest BCUT2D eigenvalue weighted by atomic mass is 31.2. The van der Waals surface area contributed by atoms with Crippen molar-refractivity contribution < 1.29 is 28.4 Å². The van der Waals surface area contributed by atoms with Gasteiger partial charge in [-0.15, -0.1) is 0 Å². The van der Waals surface area contributed by atoms with Crippen LogP contribution in [0.4, 0.5) is 22.0 Å². The van der Waals surface area contributed by atoms with Gasteiger partial charge < -0.3 is 35.4 Å². The van der Waals surface area contributed by atoms with Crippen LogP contribution in [0.3, 0.4) is 0 Å². The number of fused-ring (bicyclic) bond motifs is 1. The van der Waals surface area contributed by atoms with Crippen LogP contribution < -0.4 is 20.7 Å². The van der Waals surface area contributed by atoms with Crippen LogP contribution in [0, 0.1) is 0 Å². The lowest BCUT2D eigenvalue weighted by molar-refractivity contribution is 0.159. The van der Waals surface area contributed by atoms with E-state index in [4.69, 9.17) is 14.5 Å². The maximum absolute atomic E-state index is 12.2. The molecule has 228 valence electrons. The lowest BCUT2D eigenvalue weighted by atomic mass is 10.1. The number of likely N-dealkylation sites (N-methyl/N-ethyl adjacent to an activating group) is 1. The highest BCUT2D eigenvalue weighted by molar-refractivity contribution is 7.46. The molecule has 0 aliphatic rings. The predicted molar refractivity (Wildman–Crippen MR) is 167 cm³/mol. The molecule has 5 N–H and O–H groups in total. The minimum atomic E-state index is -4.44. The number of phosphoric acid groups is 1. The number of ether oxygens (including phenoxy) is 1. The van der Waals surface area contributed by atoms with Gasteiger partial charge in [0.1, 0.15) is 17.9 Å². The van der Waals surface area contributed by atoms with E-state index in [1.54, 1.807) is 0 Å². The number of nitrogens with zero attached hydrogens (tertiary/aromatic N) is 3. The zero-order chi connectivity index (χ0) is 30.5. The average Bonchev–Trinajstić information content (AvgIpc) is 2.99. The molecule has 0 atom stereocenters. The molecule has 0 aliphatic heterocycles. The fourth-order valence-electron chi connectivity index (χ4n) is 4.36. The number of hydrogen-bond acceptors (Lipinski definition) is 8. The molecule has 0 fully saturated rings. The second-order valence-corrected chi connectivity index (χ2v) is 10.9. The van der Waals surface area contributed by atoms with Gasteiger partial charge in [-0.1, -0.05) is 37.3 Å². The second-order valence-electron chi connectivity index (χ2n) is 9.68. The van der Waals surface area contributed by atoms with Crippen LogP contribution in [-0.2, 0) is 15.5 Å². The maximum atomic E-state index is 12.2. The van der Waals surface area contributed by atoms with Gasteiger partial charge in [-0.3, -0.25) is 4.52 Å². The summed E-state index contributed by atoms with van der Waals surface area (Å²) in [4.78, 5) is 40.7. The third kappa shape index (κ3) is 10.9. The Kier molecular flexibility index (Phi) is 11.8. The number of aromatic nitrogens is 2. The zero-order valence-corrected chi connectivity index (χ0v) is 24.9. The normalized spacial score (nSPS) is 11.4. The van der Waals surface area contributed by atoms with E-state index in [9.17, 15) is 9.36 Å². The SMILES string of the molecule is CCN(CCCOc1ccc2c(NCCc3ccc(NC(=O)Nc4ccccc4)cc3)ncnc2c1)CCOP(=O)(O)O. The summed E-state index contributed by atoms with van der Waals surface area (Å²) < 4.78 is 21.3. The van der Waals surface area contributed by atoms with Crippen molar-refractivity contribution in [3.8, 4) is 5.75 Å². The van der Waals surface area contributed by atoms with E-state index in [0.717, 1.165) is 47.4 Å². The third-order valence-electron chi connectivity index (χ3n) is 6.56. The summed E-state index contributed by atoms with van der Waals surface area (Å²) in [6.07, 6.45) is 3.04. The molecular weight excluding hydrogens is 571 g/mol. The molecule has 0 spiro atoms. The zero-order valence-electron chi connectivity index (χ0n) is 24.0. The molecular formula is C30H37N6O6P. The van der Waals surface area contributed by atoms with Gasteiger partial charge in [-0.2, -0.15) is 0 Å². The Morgan fingerprint density at radius 3 is 2.40 bits per heavy atom. The molecule has 0 aliphatic carbocycles. The van der Waals surface area contributed by atoms with E-state index in [0.29, 0.717) is 37.7 Å². The van der Waals surface area contributed by atoms with Crippen LogP contribution in [0.5, 0.6) is 5.75 Å². The quantitative estimate of drug-likeness (QED) is 0.0853. The van der Waals surface area contributed by atoms with Crippen LogP contribution in [-0.4, -0.2) is 70.1 Å². The predicted octanol–water partition coefficient (Wildman–Crippen LogP) is 5.13. The molecule has 0 bridgehead atoms. The van der Waals surface area contributed by atoms with Crippen molar-refractivity contribution >= 4 is 41.9 Å². The molecule has 4 aromatic rings. The Hall–Kier alpha value is -4.06. The minimum absolute atomic E-state index is 0.0286. The van der Waals surface area contributed by atoms with E-state index in [1.165, 1.54) is 6.33 Å². The number of nitrogens with one attached hydrogen (secondary N) is 3. The lowest BCUT2D eigenvalue weighted by Crippen LogP contribution is -2.29. The number of urea groups is 1. The molecule has 13 heteroatoms. The van der Waals surface area contributed by atoms with Crippen molar-refractivity contribution in [2.45, 2.75) is 19.8 Å². The van der Waals surface area contributed by atoms with Gasteiger partial charge >= 0.3 is 13.9 Å². The third-order valence-corrected chi connectivity index (χ3v) is 7.08. The molecule has 0 unspecified atom stereocenters. The fourth-order valence-corrected chi connectivity index (χ4v) is 4.68. The first-order valence-electron chi connectivity index (χ1n) is 14.0. The number of benzene rings is 3. The standard InChI is InChI=1S/C30H37N6O6P/c1-2-36(18-20-42-43(38,39)40)17-6-19-41-26-13-14-27-28(21-26)32-22-33-29(27)31-16-15-23-9-11-25(12-10-23)35-30(37)34-24-7-4-3-5-8-24/h3-5,7-14,21-22H,2,6,15-20H2,1H3,(H,31,32,33)(H2,34,35,37)(H2,38,39,40). The Labute approximate surface area is 250 Å². The molecule has 3 aromatic carbocycles. The van der Waals surface area contributed by atoms with E-state index in [-0.39, 0.29) is 12.6 Å². The monoisotopic (exact) mass is 608 g/mol. The van der Waals surface area contributed by atoms with Gasteiger partial charge in [0, 0.05) is 42.5 Å². The molecule has 4 rings (SSSR count). The average molecular weight is 609 g/mol. The van der Waals surface area contributed by atoms with Crippen molar-refractivity contribution in [1.82, 2.24) is 14.9 Å². The fraction of sp³-hybridized carbons (Fsp3) is 0.300. The molecule has 0 saturated carbocycles. The maximum Gasteiger partial charge on any atom is 0.469 e. The van der Waals surface area contributed by atoms with Crippen LogP contribution >= 0.6 is 7.82 Å². The first-order chi connectivity index (χ1) is 20.8. The number of carbonyl (C=O) groups excluding carboxylic acids is 1. The lowest BCUT2D eigenvalue weighted by Gasteiger charge is -2.20. The number of amides is 2. The Bertz CT molecular complexity index is 1500. The number of rotatable bonds is 16. The van der Waals surface area contributed by atoms with Gasteiger partial charge in [0.15, 0.2) is 0 Å². The largest absolute Gasteiger partial charge is 0.493 e. The van der Waals surface area contributed by atoms with Gasteiger partial charge in [0.2, 0.25) is 0 Å². The van der Waals surface area contributed by atoms with Gasteiger partial charge in [-0.05, 0) is 61.3 Å². The van der Waals surface area contributed by atoms with Crippen LogP contribution in [0.25, 0.3) is 10.9 Å². The van der Waals surface area contributed by atoms with Crippen molar-refractivity contribution in [3.63, 3.8) is 0 Å². The first-order valence-corrected chi connectivity index (χ1v) is 15.6. The van der Waals surface area contributed by atoms with E-state index >= 15 is 0 Å². The summed E-state index contributed by atoms with van der Waals surface area (Å²) in [5.41, 5.74) is 3.32. The molecule has 1 heterocycles. The minimum Gasteiger partial charge on any atom is -0.493 e. The Balaban J connectivity index is 1.21. The number of carbonyl (C=O) groups is 1. The number of phosphoric ester groups is 1. The van der Waals surface area contributed by atoms with E-state index < -0.39 is 7.82 Å². The van der Waals surface area contributed by atoms with Crippen LogP contribution in [0.15, 0.2) is 79.1 Å². The summed E-state index contributed by atoms with van der Waals surface area (Å²) in [6, 6.07) is 22.4. The summed E-state index contributed by atoms with van der Waals surface area (Å²) in [5, 5.41) is 9.91. The number of para-hydroxylation sites is 1. The summed E-state index contributed by atoms with van der Waals surface area (Å²) >= 11 is 0. The highest BCUT2D eigenvalue weighted by Crippen LogP contribution is 2.35. The topological polar surface area (TPSA) is 158 Å². The number of hydrogen-bond donors (Lipinski definition) is 5. The molecule has 12 nitrogen and oxygen atoms in total. The molecule has 0 saturated heterocycles. The molecule has 43 heavy (non-hydrogen) atoms. The van der Waals surface area contributed by atoms with Gasteiger partial charge in [0.05, 0.1) is 18.7 Å². The van der Waals surface area contributed by atoms with Crippen molar-refractivity contribution in [2.75, 3.05) is 55.3 Å². The molecule has 2 amide bonds. The Morgan fingerprint density at radius 2 is 1.67 bits per heavy atom. The highest BCUT2D eigenvalue weighted by Gasteiger charge is 2.14. The smallest absolute Gasteiger partial charge is 0.469 e. The van der Waals surface area contributed by atoms with E-state index in [1.807, 2.05) is 84.6 Å². The second kappa shape index (κ2) is 16.0. The van der Waals surface area contributed by atoms with Crippen LogP contribution in [0.2, 0.25) is 0 Å². The van der Waals surface area contributed by atoms with Gasteiger partial charge in [-0.25, -0.2) is 19.3 Å². The van der Waals surface area contributed by atoms with Crippen molar-refractivity contribution in [1.29, 1.82) is 0 Å². The Morgan fingerprint density at radius 1 is 0.930 bits per heavy atom.